The molecule has 0 radical (unpaired) electrons. The first-order valence-corrected chi connectivity index (χ1v) is 4.18. The molecule has 0 saturated heterocycles. The molecule has 0 aliphatic heterocycles. The Kier molecular flexibility index (Phi) is 2.45. The van der Waals surface area contributed by atoms with Gasteiger partial charge in [0.15, 0.2) is 0 Å². The fourth-order valence-corrected chi connectivity index (χ4v) is 1.15. The van der Waals surface area contributed by atoms with Crippen molar-refractivity contribution in [2.45, 2.75) is 19.3 Å². The molecule has 0 aromatic heterocycles. The van der Waals surface area contributed by atoms with E-state index in [2.05, 4.69) is 5.92 Å². The highest BCUT2D eigenvalue weighted by atomic mass is 35.5. The van der Waals surface area contributed by atoms with Crippen molar-refractivity contribution in [2.75, 3.05) is 0 Å². The molecule has 0 saturated carbocycles. The lowest BCUT2D eigenvalue weighted by Crippen LogP contribution is -2.13. The maximum atomic E-state index is 5.84. The third kappa shape index (κ3) is 1.81. The fourth-order valence-electron chi connectivity index (χ4n) is 0.961. The molecule has 62 valence electrons. The second-order valence-electron chi connectivity index (χ2n) is 3.28. The average molecular weight is 179 g/mol. The van der Waals surface area contributed by atoms with Crippen LogP contribution in [0.1, 0.15) is 19.4 Å². The molecule has 0 amide bonds. The Morgan fingerprint density at radius 1 is 1.42 bits per heavy atom. The van der Waals surface area contributed by atoms with Gasteiger partial charge in [-0.2, -0.15) is 0 Å². The maximum absolute atomic E-state index is 5.84. The predicted octanol–water partition coefficient (Wildman–Crippen LogP) is 3.25. The van der Waals surface area contributed by atoms with E-state index in [1.165, 1.54) is 0 Å². The first kappa shape index (κ1) is 9.16. The maximum Gasteiger partial charge on any atom is 0.0504 e. The van der Waals surface area contributed by atoms with Crippen LogP contribution in [0.25, 0.3) is 0 Å². The molecule has 12 heavy (non-hydrogen) atoms. The quantitative estimate of drug-likeness (QED) is 0.580. The van der Waals surface area contributed by atoms with E-state index in [4.69, 9.17) is 18.0 Å². The van der Waals surface area contributed by atoms with Crippen LogP contribution in [0.5, 0.6) is 0 Å². The Morgan fingerprint density at radius 2 is 2.08 bits per heavy atom. The van der Waals surface area contributed by atoms with Crippen LogP contribution in [0.3, 0.4) is 0 Å². The van der Waals surface area contributed by atoms with Crippen molar-refractivity contribution >= 4 is 11.6 Å². The summed E-state index contributed by atoms with van der Waals surface area (Å²) in [5.41, 5.74) is 0.850. The highest BCUT2D eigenvalue weighted by Crippen LogP contribution is 2.24. The Balaban J connectivity index is 3.14. The van der Waals surface area contributed by atoms with E-state index >= 15 is 0 Å². The van der Waals surface area contributed by atoms with Gasteiger partial charge in [0.05, 0.1) is 5.41 Å². The summed E-state index contributed by atoms with van der Waals surface area (Å²) in [6.07, 6.45) is 5.40. The van der Waals surface area contributed by atoms with E-state index in [-0.39, 0.29) is 5.41 Å². The molecule has 1 aromatic carbocycles. The molecule has 0 aliphatic rings. The molecule has 0 N–H and O–H groups in total. The zero-order valence-corrected chi connectivity index (χ0v) is 8.02. The lowest BCUT2D eigenvalue weighted by Gasteiger charge is -2.17. The summed E-state index contributed by atoms with van der Waals surface area (Å²) < 4.78 is 0. The highest BCUT2D eigenvalue weighted by molar-refractivity contribution is 6.30. The van der Waals surface area contributed by atoms with Crippen molar-refractivity contribution in [2.24, 2.45) is 0 Å². The van der Waals surface area contributed by atoms with E-state index < -0.39 is 0 Å². The van der Waals surface area contributed by atoms with Gasteiger partial charge in [-0.25, -0.2) is 0 Å². The largest absolute Gasteiger partial charge is 0.119 e. The van der Waals surface area contributed by atoms with Crippen LogP contribution in [0.15, 0.2) is 24.3 Å². The molecule has 1 aromatic rings. The van der Waals surface area contributed by atoms with Crippen molar-refractivity contribution in [1.82, 2.24) is 0 Å². The van der Waals surface area contributed by atoms with E-state index in [9.17, 15) is 0 Å². The Labute approximate surface area is 78.6 Å². The van der Waals surface area contributed by atoms with Gasteiger partial charge in [0.2, 0.25) is 0 Å². The summed E-state index contributed by atoms with van der Waals surface area (Å²) in [7, 11) is 0. The molecule has 0 aliphatic carbocycles. The first-order valence-electron chi connectivity index (χ1n) is 3.80. The number of hydrogen-bond donors (Lipinski definition) is 0. The summed E-state index contributed by atoms with van der Waals surface area (Å²) in [5.74, 6) is 2.73. The predicted molar refractivity (Wildman–Crippen MR) is 53.3 cm³/mol. The van der Waals surface area contributed by atoms with Crippen molar-refractivity contribution < 1.29 is 0 Å². The molecular formula is C11H11Cl. The Bertz CT molecular complexity index is 318. The zero-order valence-electron chi connectivity index (χ0n) is 7.26. The molecule has 0 nitrogen and oxygen atoms in total. The van der Waals surface area contributed by atoms with Gasteiger partial charge in [0, 0.05) is 5.02 Å². The topological polar surface area (TPSA) is 0 Å². The van der Waals surface area contributed by atoms with Crippen LogP contribution in [0.4, 0.5) is 0 Å². The highest BCUT2D eigenvalue weighted by Gasteiger charge is 2.16. The van der Waals surface area contributed by atoms with Crippen LogP contribution in [-0.2, 0) is 5.41 Å². The van der Waals surface area contributed by atoms with E-state index in [0.717, 1.165) is 10.6 Å². The van der Waals surface area contributed by atoms with E-state index in [1.54, 1.807) is 0 Å². The molecule has 1 rings (SSSR count). The van der Waals surface area contributed by atoms with Crippen molar-refractivity contribution in [1.29, 1.82) is 0 Å². The second-order valence-corrected chi connectivity index (χ2v) is 3.72. The SMILES string of the molecule is C#CC(C)(C)c1cccc(Cl)c1. The molecule has 0 fully saturated rings. The van der Waals surface area contributed by atoms with Gasteiger partial charge in [0.25, 0.3) is 0 Å². The van der Waals surface area contributed by atoms with Gasteiger partial charge in [-0.1, -0.05) is 29.7 Å². The van der Waals surface area contributed by atoms with Gasteiger partial charge in [-0.05, 0) is 31.5 Å². The number of benzene rings is 1. The summed E-state index contributed by atoms with van der Waals surface area (Å²) in [5, 5.41) is 0.732. The van der Waals surface area contributed by atoms with Crippen LogP contribution < -0.4 is 0 Å². The molecule has 0 spiro atoms. The molecule has 0 bridgehead atoms. The van der Waals surface area contributed by atoms with Crippen molar-refractivity contribution in [3.05, 3.63) is 34.9 Å². The Morgan fingerprint density at radius 3 is 2.58 bits per heavy atom. The minimum Gasteiger partial charge on any atom is -0.119 e. The van der Waals surface area contributed by atoms with Gasteiger partial charge in [0.1, 0.15) is 0 Å². The molecule has 1 heteroatoms. The summed E-state index contributed by atoms with van der Waals surface area (Å²) in [6, 6.07) is 7.65. The van der Waals surface area contributed by atoms with Gasteiger partial charge >= 0.3 is 0 Å². The molecular weight excluding hydrogens is 168 g/mol. The van der Waals surface area contributed by atoms with Crippen molar-refractivity contribution in [3.63, 3.8) is 0 Å². The van der Waals surface area contributed by atoms with E-state index in [1.807, 2.05) is 38.1 Å². The lowest BCUT2D eigenvalue weighted by molar-refractivity contribution is 0.699. The van der Waals surface area contributed by atoms with Crippen molar-refractivity contribution in [3.8, 4) is 12.3 Å². The number of hydrogen-bond acceptors (Lipinski definition) is 0. The third-order valence-corrected chi connectivity index (χ3v) is 2.14. The number of terminal acetylenes is 1. The Hall–Kier alpha value is -0.930. The molecule has 0 unspecified atom stereocenters. The van der Waals surface area contributed by atoms with Gasteiger partial charge in [-0.15, -0.1) is 6.42 Å². The van der Waals surface area contributed by atoms with Gasteiger partial charge in [-0.3, -0.25) is 0 Å². The normalized spacial score (nSPS) is 10.8. The summed E-state index contributed by atoms with van der Waals surface area (Å²) in [4.78, 5) is 0. The summed E-state index contributed by atoms with van der Waals surface area (Å²) in [6.45, 7) is 4.00. The minimum atomic E-state index is -0.231. The third-order valence-electron chi connectivity index (χ3n) is 1.91. The van der Waals surface area contributed by atoms with E-state index in [0.29, 0.717) is 0 Å². The zero-order chi connectivity index (χ0) is 9.19. The monoisotopic (exact) mass is 178 g/mol. The smallest absolute Gasteiger partial charge is 0.0504 e. The lowest BCUT2D eigenvalue weighted by atomic mass is 9.86. The standard InChI is InChI=1S/C11H11Cl/c1-4-11(2,3)9-6-5-7-10(12)8-9/h1,5-8H,2-3H3. The van der Waals surface area contributed by atoms with Crippen LogP contribution in [-0.4, -0.2) is 0 Å². The number of halogens is 1. The van der Waals surface area contributed by atoms with Crippen LogP contribution in [0.2, 0.25) is 5.02 Å². The average Bonchev–Trinajstić information content (AvgIpc) is 2.05. The van der Waals surface area contributed by atoms with Gasteiger partial charge < -0.3 is 0 Å². The molecule has 0 atom stereocenters. The fraction of sp³-hybridized carbons (Fsp3) is 0.273. The number of rotatable bonds is 1. The first-order chi connectivity index (χ1) is 5.56. The van der Waals surface area contributed by atoms with Crippen LogP contribution >= 0.6 is 11.6 Å². The molecule has 0 heterocycles. The minimum absolute atomic E-state index is 0.231. The summed E-state index contributed by atoms with van der Waals surface area (Å²) >= 11 is 5.84. The second kappa shape index (κ2) is 3.21. The van der Waals surface area contributed by atoms with Crippen LogP contribution in [0, 0.1) is 12.3 Å².